The lowest BCUT2D eigenvalue weighted by molar-refractivity contribution is -0.268. The predicted octanol–water partition coefficient (Wildman–Crippen LogP) is 8.04. The zero-order valence-electron chi connectivity index (χ0n) is 26.0. The Hall–Kier alpha value is -4.26. The lowest BCUT2D eigenvalue weighted by atomic mass is 9.91. The summed E-state index contributed by atoms with van der Waals surface area (Å²) in [6.45, 7) is 4.44. The Morgan fingerprint density at radius 3 is 2.23 bits per heavy atom. The minimum absolute atomic E-state index is 0.00575. The molecule has 3 N–H and O–H groups in total. The number of aliphatic hydroxyl groups excluding tert-OH is 1. The maximum Gasteiger partial charge on any atom is 0.319 e. The van der Waals surface area contributed by atoms with Gasteiger partial charge in [-0.2, -0.15) is 0 Å². The average Bonchev–Trinajstić information content (AvgIpc) is 3.53. The molecule has 47 heavy (non-hydrogen) atoms. The molecule has 2 heterocycles. The summed E-state index contributed by atoms with van der Waals surface area (Å²) < 4.78 is 19.8. The van der Waals surface area contributed by atoms with E-state index < -0.39 is 6.29 Å². The maximum atomic E-state index is 12.6. The molecule has 6 rings (SSSR count). The molecule has 5 aromatic rings. The lowest BCUT2D eigenvalue weighted by Gasteiger charge is -2.41. The van der Waals surface area contributed by atoms with Gasteiger partial charge < -0.3 is 30.0 Å². The minimum Gasteiger partial charge on any atom is -0.457 e. The van der Waals surface area contributed by atoms with Gasteiger partial charge in [-0.15, -0.1) is 10.2 Å². The summed E-state index contributed by atoms with van der Waals surface area (Å²) in [6, 6.07) is 32.2. The number of para-hydroxylation sites is 1. The number of aromatic nitrogens is 2. The van der Waals surface area contributed by atoms with Crippen LogP contribution in [0, 0.1) is 12.8 Å². The van der Waals surface area contributed by atoms with E-state index in [1.807, 2.05) is 97.9 Å². The molecular formula is C36H36N4O5S2. The van der Waals surface area contributed by atoms with Crippen molar-refractivity contribution in [2.24, 2.45) is 5.92 Å². The molecular weight excluding hydrogens is 633 g/mol. The summed E-state index contributed by atoms with van der Waals surface area (Å²) in [7, 11) is 0. The van der Waals surface area contributed by atoms with Gasteiger partial charge in [0, 0.05) is 29.5 Å². The normalized spacial score (nSPS) is 19.2. The van der Waals surface area contributed by atoms with Crippen molar-refractivity contribution in [3.8, 4) is 11.5 Å². The number of thioether (sulfide) groups is 1. The van der Waals surface area contributed by atoms with Crippen molar-refractivity contribution in [1.82, 2.24) is 15.5 Å². The van der Waals surface area contributed by atoms with E-state index in [0.717, 1.165) is 37.4 Å². The topological polar surface area (TPSA) is 115 Å². The first-order valence-corrected chi connectivity index (χ1v) is 17.1. The fourth-order valence-electron chi connectivity index (χ4n) is 5.18. The van der Waals surface area contributed by atoms with Crippen LogP contribution in [0.5, 0.6) is 11.5 Å². The van der Waals surface area contributed by atoms with Gasteiger partial charge in [-0.25, -0.2) is 4.79 Å². The molecule has 4 aromatic carbocycles. The fourth-order valence-corrected chi connectivity index (χ4v) is 7.19. The lowest BCUT2D eigenvalue weighted by Crippen LogP contribution is -2.38. The van der Waals surface area contributed by atoms with Gasteiger partial charge in [0.2, 0.25) is 0 Å². The molecule has 9 nitrogen and oxygen atoms in total. The molecule has 4 atom stereocenters. The highest BCUT2D eigenvalue weighted by molar-refractivity contribution is 8.01. The molecule has 1 aliphatic heterocycles. The van der Waals surface area contributed by atoms with E-state index in [1.165, 1.54) is 0 Å². The molecule has 0 unspecified atom stereocenters. The van der Waals surface area contributed by atoms with Crippen molar-refractivity contribution in [3.05, 3.63) is 130 Å². The number of nitrogens with one attached hydrogen (secondary N) is 2. The Labute approximate surface area is 282 Å². The van der Waals surface area contributed by atoms with E-state index in [2.05, 4.69) is 27.8 Å². The monoisotopic (exact) mass is 668 g/mol. The third kappa shape index (κ3) is 8.76. The molecule has 0 spiro atoms. The van der Waals surface area contributed by atoms with E-state index in [0.29, 0.717) is 23.7 Å². The van der Waals surface area contributed by atoms with Crippen LogP contribution in [0.2, 0.25) is 0 Å². The summed E-state index contributed by atoms with van der Waals surface area (Å²) in [5.74, 6) is 2.22. The van der Waals surface area contributed by atoms with Gasteiger partial charge >= 0.3 is 6.03 Å². The van der Waals surface area contributed by atoms with Gasteiger partial charge in [-0.05, 0) is 60.0 Å². The van der Waals surface area contributed by atoms with Gasteiger partial charge in [0.05, 0.1) is 18.8 Å². The SMILES string of the molecule is Cc1nnc(SC[C@H]2O[C@@H](c3ccc(CNC(=O)Nc4ccc(Oc5ccccc5)cc4)cc3)O[C@@H](c3ccc(CO)cc3)[C@H]2C)s1. The van der Waals surface area contributed by atoms with Crippen molar-refractivity contribution >= 4 is 34.8 Å². The zero-order chi connectivity index (χ0) is 32.6. The van der Waals surface area contributed by atoms with Gasteiger partial charge in [0.1, 0.15) is 16.5 Å². The minimum atomic E-state index is -0.574. The van der Waals surface area contributed by atoms with Crippen molar-refractivity contribution in [3.63, 3.8) is 0 Å². The van der Waals surface area contributed by atoms with Gasteiger partial charge in [-0.3, -0.25) is 0 Å². The van der Waals surface area contributed by atoms with E-state index in [9.17, 15) is 9.90 Å². The number of amides is 2. The molecule has 1 aromatic heterocycles. The number of anilines is 1. The second-order valence-corrected chi connectivity index (χ2v) is 13.7. The van der Waals surface area contributed by atoms with Gasteiger partial charge in [0.25, 0.3) is 0 Å². The van der Waals surface area contributed by atoms with E-state index in [1.54, 1.807) is 35.2 Å². The van der Waals surface area contributed by atoms with E-state index >= 15 is 0 Å². The Morgan fingerprint density at radius 2 is 1.55 bits per heavy atom. The highest BCUT2D eigenvalue weighted by atomic mass is 32.2. The summed E-state index contributed by atoms with van der Waals surface area (Å²) in [4.78, 5) is 12.6. The van der Waals surface area contributed by atoms with Crippen molar-refractivity contribution in [2.75, 3.05) is 11.1 Å². The molecule has 1 fully saturated rings. The largest absolute Gasteiger partial charge is 0.457 e. The standard InChI is InChI=1S/C36H36N4O5S2/c1-23-32(22-46-36-40-39-24(2)47-36)44-34(45-33(23)27-12-10-26(21-41)11-13-27)28-14-8-25(9-15-28)20-37-35(42)38-29-16-18-31(19-17-29)43-30-6-4-3-5-7-30/h3-19,23,32-34,41H,20-22H2,1-2H3,(H2,37,38,42)/t23-,32+,33+,34+/m0/s1. The van der Waals surface area contributed by atoms with E-state index in [4.69, 9.17) is 14.2 Å². The number of carbonyl (C=O) groups excluding carboxylic acids is 1. The quantitative estimate of drug-likeness (QED) is 0.121. The molecule has 0 aliphatic carbocycles. The van der Waals surface area contributed by atoms with Crippen LogP contribution in [0.15, 0.2) is 107 Å². The molecule has 11 heteroatoms. The molecule has 0 saturated carbocycles. The Kier molecular flexibility index (Phi) is 10.8. The number of carbonyl (C=O) groups is 1. The number of hydrogen-bond donors (Lipinski definition) is 3. The Balaban J connectivity index is 1.06. The fraction of sp³-hybridized carbons (Fsp3) is 0.250. The average molecular weight is 669 g/mol. The molecule has 2 amide bonds. The number of aryl methyl sites for hydroxylation is 1. The molecule has 242 valence electrons. The van der Waals surface area contributed by atoms with Crippen LogP contribution < -0.4 is 15.4 Å². The first-order chi connectivity index (χ1) is 22.9. The number of hydrogen-bond acceptors (Lipinski definition) is 9. The van der Waals surface area contributed by atoms with Crippen molar-refractivity contribution < 1.29 is 24.1 Å². The van der Waals surface area contributed by atoms with Gasteiger partial charge in [-0.1, -0.05) is 96.8 Å². The third-order valence-electron chi connectivity index (χ3n) is 7.80. The van der Waals surface area contributed by atoms with Crippen molar-refractivity contribution in [1.29, 1.82) is 0 Å². The number of urea groups is 1. The molecule has 0 radical (unpaired) electrons. The van der Waals surface area contributed by atoms with Crippen LogP contribution in [0.3, 0.4) is 0 Å². The molecule has 1 saturated heterocycles. The predicted molar refractivity (Wildman–Crippen MR) is 184 cm³/mol. The first-order valence-electron chi connectivity index (χ1n) is 15.3. The second-order valence-electron chi connectivity index (χ2n) is 11.2. The number of rotatable bonds is 11. The van der Waals surface area contributed by atoms with Crippen LogP contribution in [-0.4, -0.2) is 33.2 Å². The second kappa shape index (κ2) is 15.6. The van der Waals surface area contributed by atoms with Crippen LogP contribution in [0.25, 0.3) is 0 Å². The van der Waals surface area contributed by atoms with Crippen molar-refractivity contribution in [2.45, 2.75) is 49.8 Å². The molecule has 1 aliphatic rings. The summed E-state index contributed by atoms with van der Waals surface area (Å²) in [6.07, 6.45) is -0.878. The van der Waals surface area contributed by atoms with Crippen LogP contribution in [0.4, 0.5) is 10.5 Å². The van der Waals surface area contributed by atoms with Gasteiger partial charge in [0.15, 0.2) is 10.6 Å². The van der Waals surface area contributed by atoms with Crippen LogP contribution >= 0.6 is 23.1 Å². The first kappa shape index (κ1) is 32.7. The third-order valence-corrected chi connectivity index (χ3v) is 9.86. The maximum absolute atomic E-state index is 12.6. The summed E-state index contributed by atoms with van der Waals surface area (Å²) in [5, 5.41) is 24.6. The Bertz CT molecular complexity index is 1730. The zero-order valence-corrected chi connectivity index (χ0v) is 27.7. The smallest absolute Gasteiger partial charge is 0.319 e. The summed E-state index contributed by atoms with van der Waals surface area (Å²) in [5.41, 5.74) is 4.38. The number of aliphatic hydroxyl groups is 1. The molecule has 0 bridgehead atoms. The summed E-state index contributed by atoms with van der Waals surface area (Å²) >= 11 is 3.22. The highest BCUT2D eigenvalue weighted by Crippen LogP contribution is 2.43. The number of ether oxygens (including phenoxy) is 3. The highest BCUT2D eigenvalue weighted by Gasteiger charge is 2.38. The van der Waals surface area contributed by atoms with Crippen LogP contribution in [0.1, 0.15) is 46.6 Å². The van der Waals surface area contributed by atoms with E-state index in [-0.39, 0.29) is 30.8 Å². The number of nitrogens with zero attached hydrogens (tertiary/aromatic N) is 2. The Morgan fingerprint density at radius 1 is 0.872 bits per heavy atom. The van der Waals surface area contributed by atoms with Crippen LogP contribution in [-0.2, 0) is 22.6 Å². The number of benzene rings is 4.